The lowest BCUT2D eigenvalue weighted by Gasteiger charge is -2.14. The van der Waals surface area contributed by atoms with Crippen LogP contribution < -0.4 is 5.32 Å². The number of carbonyl (C=O) groups excluding carboxylic acids is 1. The van der Waals surface area contributed by atoms with Crippen LogP contribution in [0, 0.1) is 17.6 Å². The second kappa shape index (κ2) is 5.65. The summed E-state index contributed by atoms with van der Waals surface area (Å²) in [6.45, 7) is 0.406. The number of hydrogen-bond donors (Lipinski definition) is 1. The monoisotopic (exact) mass is 273 g/mol. The van der Waals surface area contributed by atoms with E-state index in [1.165, 1.54) is 0 Å². The van der Waals surface area contributed by atoms with Gasteiger partial charge in [-0.3, -0.25) is 4.79 Å². The number of alkyl halides is 1. The van der Waals surface area contributed by atoms with E-state index >= 15 is 0 Å². The zero-order chi connectivity index (χ0) is 13.1. The van der Waals surface area contributed by atoms with Gasteiger partial charge in [0.25, 0.3) is 5.91 Å². The maximum atomic E-state index is 13.3. The molecular formula is C13H14ClF2NO. The standard InChI is InChI=1S/C13H14ClF2NO/c14-11-3-1-2-8(11)7-17-13(18)10-6-9(15)4-5-12(10)16/h4-6,8,11H,1-3,7H2,(H,17,18). The largest absolute Gasteiger partial charge is 0.352 e. The molecule has 1 amide bonds. The molecule has 1 aliphatic carbocycles. The zero-order valence-corrected chi connectivity index (χ0v) is 10.5. The fourth-order valence-electron chi connectivity index (χ4n) is 2.21. The summed E-state index contributed by atoms with van der Waals surface area (Å²) < 4.78 is 26.3. The van der Waals surface area contributed by atoms with Crippen LogP contribution in [-0.2, 0) is 0 Å². The summed E-state index contributed by atoms with van der Waals surface area (Å²) >= 11 is 6.08. The number of nitrogens with one attached hydrogen (secondary N) is 1. The van der Waals surface area contributed by atoms with Crippen LogP contribution in [0.25, 0.3) is 0 Å². The Morgan fingerprint density at radius 2 is 2.17 bits per heavy atom. The molecule has 1 aliphatic rings. The average molecular weight is 274 g/mol. The fourth-order valence-corrected chi connectivity index (χ4v) is 2.58. The number of amides is 1. The molecule has 18 heavy (non-hydrogen) atoms. The van der Waals surface area contributed by atoms with Crippen molar-refractivity contribution < 1.29 is 13.6 Å². The molecule has 1 aromatic carbocycles. The highest BCUT2D eigenvalue weighted by molar-refractivity contribution is 6.21. The molecule has 98 valence electrons. The second-order valence-corrected chi connectivity index (χ2v) is 5.10. The van der Waals surface area contributed by atoms with E-state index in [0.717, 1.165) is 37.5 Å². The van der Waals surface area contributed by atoms with Crippen LogP contribution in [0.4, 0.5) is 8.78 Å². The maximum absolute atomic E-state index is 13.3. The van der Waals surface area contributed by atoms with Gasteiger partial charge in [-0.25, -0.2) is 8.78 Å². The number of hydrogen-bond acceptors (Lipinski definition) is 1. The Labute approximate surface area is 109 Å². The van der Waals surface area contributed by atoms with Gasteiger partial charge in [0.1, 0.15) is 11.6 Å². The normalized spacial score (nSPS) is 23.1. The summed E-state index contributed by atoms with van der Waals surface area (Å²) in [5.74, 6) is -1.73. The maximum Gasteiger partial charge on any atom is 0.254 e. The van der Waals surface area contributed by atoms with Gasteiger partial charge in [-0.05, 0) is 37.0 Å². The minimum atomic E-state index is -0.720. The van der Waals surface area contributed by atoms with Crippen molar-refractivity contribution in [2.24, 2.45) is 5.92 Å². The van der Waals surface area contributed by atoms with Crippen molar-refractivity contribution in [3.05, 3.63) is 35.4 Å². The lowest BCUT2D eigenvalue weighted by molar-refractivity contribution is 0.0943. The lowest BCUT2D eigenvalue weighted by atomic mass is 10.1. The van der Waals surface area contributed by atoms with Gasteiger partial charge >= 0.3 is 0 Å². The van der Waals surface area contributed by atoms with Gasteiger partial charge in [0.2, 0.25) is 0 Å². The Bertz CT molecular complexity index is 453. The molecular weight excluding hydrogens is 260 g/mol. The fraction of sp³-hybridized carbons (Fsp3) is 0.462. The molecule has 0 aliphatic heterocycles. The van der Waals surface area contributed by atoms with Crippen molar-refractivity contribution in [2.75, 3.05) is 6.54 Å². The van der Waals surface area contributed by atoms with E-state index in [2.05, 4.69) is 5.32 Å². The van der Waals surface area contributed by atoms with Crippen LogP contribution in [0.1, 0.15) is 29.6 Å². The van der Waals surface area contributed by atoms with Gasteiger partial charge in [-0.1, -0.05) is 6.42 Å². The van der Waals surface area contributed by atoms with Gasteiger partial charge < -0.3 is 5.32 Å². The molecule has 2 rings (SSSR count). The first-order valence-corrected chi connectivity index (χ1v) is 6.39. The summed E-state index contributed by atoms with van der Waals surface area (Å²) in [5, 5.41) is 2.67. The Morgan fingerprint density at radius 1 is 1.39 bits per heavy atom. The molecule has 0 bridgehead atoms. The minimum Gasteiger partial charge on any atom is -0.352 e. The van der Waals surface area contributed by atoms with Crippen LogP contribution >= 0.6 is 11.6 Å². The molecule has 2 unspecified atom stereocenters. The lowest BCUT2D eigenvalue weighted by Crippen LogP contribution is -2.31. The van der Waals surface area contributed by atoms with Gasteiger partial charge in [0, 0.05) is 11.9 Å². The first-order valence-electron chi connectivity index (χ1n) is 5.95. The van der Waals surface area contributed by atoms with Crippen LogP contribution in [0.3, 0.4) is 0 Å². The Balaban J connectivity index is 1.97. The Hall–Kier alpha value is -1.16. The van der Waals surface area contributed by atoms with Gasteiger partial charge in [-0.15, -0.1) is 11.6 Å². The summed E-state index contributed by atoms with van der Waals surface area (Å²) in [5.41, 5.74) is -0.265. The van der Waals surface area contributed by atoms with E-state index in [1.54, 1.807) is 0 Å². The highest BCUT2D eigenvalue weighted by atomic mass is 35.5. The molecule has 1 N–H and O–H groups in total. The number of carbonyl (C=O) groups is 1. The zero-order valence-electron chi connectivity index (χ0n) is 9.76. The summed E-state index contributed by atoms with van der Waals surface area (Å²) in [7, 11) is 0. The van der Waals surface area contributed by atoms with E-state index in [4.69, 9.17) is 11.6 Å². The third-order valence-corrected chi connectivity index (χ3v) is 3.84. The van der Waals surface area contributed by atoms with Crippen molar-refractivity contribution in [1.29, 1.82) is 0 Å². The van der Waals surface area contributed by atoms with E-state index in [9.17, 15) is 13.6 Å². The van der Waals surface area contributed by atoms with Gasteiger partial charge in [0.05, 0.1) is 5.56 Å². The predicted octanol–water partition coefficient (Wildman–Crippen LogP) is 3.10. The summed E-state index contributed by atoms with van der Waals surface area (Å²) in [6, 6.07) is 2.83. The molecule has 5 heteroatoms. The molecule has 1 saturated carbocycles. The number of rotatable bonds is 3. The van der Waals surface area contributed by atoms with Crippen LogP contribution in [-0.4, -0.2) is 17.8 Å². The first kappa shape index (κ1) is 13.3. The highest BCUT2D eigenvalue weighted by Gasteiger charge is 2.25. The van der Waals surface area contributed by atoms with Crippen molar-refractivity contribution in [2.45, 2.75) is 24.6 Å². The van der Waals surface area contributed by atoms with Gasteiger partial charge in [-0.2, -0.15) is 0 Å². The van der Waals surface area contributed by atoms with Crippen molar-refractivity contribution in [1.82, 2.24) is 5.32 Å². The predicted molar refractivity (Wildman–Crippen MR) is 65.7 cm³/mol. The molecule has 2 atom stereocenters. The first-order chi connectivity index (χ1) is 8.58. The third kappa shape index (κ3) is 2.99. The van der Waals surface area contributed by atoms with Gasteiger partial charge in [0.15, 0.2) is 0 Å². The molecule has 0 radical (unpaired) electrons. The summed E-state index contributed by atoms with van der Waals surface area (Å²) in [4.78, 5) is 11.7. The second-order valence-electron chi connectivity index (χ2n) is 4.54. The third-order valence-electron chi connectivity index (χ3n) is 3.26. The molecule has 2 nitrogen and oxygen atoms in total. The average Bonchev–Trinajstić information content (AvgIpc) is 2.75. The molecule has 0 saturated heterocycles. The topological polar surface area (TPSA) is 29.1 Å². The van der Waals surface area contributed by atoms with Crippen molar-refractivity contribution >= 4 is 17.5 Å². The Morgan fingerprint density at radius 3 is 2.83 bits per heavy atom. The SMILES string of the molecule is O=C(NCC1CCCC1Cl)c1cc(F)ccc1F. The highest BCUT2D eigenvalue weighted by Crippen LogP contribution is 2.29. The van der Waals surface area contributed by atoms with Crippen molar-refractivity contribution in [3.63, 3.8) is 0 Å². The van der Waals surface area contributed by atoms with Crippen LogP contribution in [0.5, 0.6) is 0 Å². The number of benzene rings is 1. The van der Waals surface area contributed by atoms with E-state index in [0.29, 0.717) is 6.54 Å². The summed E-state index contributed by atoms with van der Waals surface area (Å²) in [6.07, 6.45) is 2.94. The minimum absolute atomic E-state index is 0.0580. The van der Waals surface area contributed by atoms with Crippen LogP contribution in [0.2, 0.25) is 0 Å². The smallest absolute Gasteiger partial charge is 0.254 e. The molecule has 0 heterocycles. The van der Waals surface area contributed by atoms with E-state index < -0.39 is 17.5 Å². The van der Waals surface area contributed by atoms with Crippen LogP contribution in [0.15, 0.2) is 18.2 Å². The Kier molecular flexibility index (Phi) is 4.17. The van der Waals surface area contributed by atoms with E-state index in [-0.39, 0.29) is 16.9 Å². The molecule has 0 spiro atoms. The van der Waals surface area contributed by atoms with Crippen molar-refractivity contribution in [3.8, 4) is 0 Å². The molecule has 1 fully saturated rings. The van der Waals surface area contributed by atoms with E-state index in [1.807, 2.05) is 0 Å². The number of halogens is 3. The molecule has 1 aromatic rings. The molecule has 0 aromatic heterocycles. The quantitative estimate of drug-likeness (QED) is 0.843.